The number of hydrogen-bond donors (Lipinski definition) is 1. The average molecular weight is 236 g/mol. The quantitative estimate of drug-likeness (QED) is 0.609. The van der Waals surface area contributed by atoms with E-state index < -0.39 is 10.0 Å². The summed E-state index contributed by atoms with van der Waals surface area (Å²) in [4.78, 5) is 0. The van der Waals surface area contributed by atoms with E-state index in [1.807, 2.05) is 20.8 Å². The summed E-state index contributed by atoms with van der Waals surface area (Å²) in [6.07, 6.45) is 1.67. The lowest BCUT2D eigenvalue weighted by Gasteiger charge is -2.18. The van der Waals surface area contributed by atoms with E-state index in [9.17, 15) is 8.42 Å². The molecule has 92 valence electrons. The molecule has 0 unspecified atom stereocenters. The number of nitrogens with one attached hydrogen (secondary N) is 1. The summed E-state index contributed by atoms with van der Waals surface area (Å²) in [7, 11) is -3.00. The molecule has 0 saturated heterocycles. The van der Waals surface area contributed by atoms with Crippen molar-refractivity contribution in [2.24, 2.45) is 0 Å². The second kappa shape index (κ2) is 8.07. The zero-order chi connectivity index (χ0) is 11.7. The first-order valence-electron chi connectivity index (χ1n) is 5.77. The van der Waals surface area contributed by atoms with Crippen LogP contribution < -0.4 is 5.32 Å². The maximum Gasteiger partial charge on any atom is 0.214 e. The van der Waals surface area contributed by atoms with Gasteiger partial charge in [0.2, 0.25) is 10.0 Å². The maximum atomic E-state index is 11.7. The van der Waals surface area contributed by atoms with Crippen LogP contribution in [-0.2, 0) is 10.0 Å². The molecule has 0 spiro atoms. The average Bonchev–Trinajstić information content (AvgIpc) is 2.18. The van der Waals surface area contributed by atoms with Crippen molar-refractivity contribution in [3.05, 3.63) is 0 Å². The van der Waals surface area contributed by atoms with Crippen LogP contribution in [0.4, 0.5) is 0 Å². The first-order valence-corrected chi connectivity index (χ1v) is 7.37. The van der Waals surface area contributed by atoms with Gasteiger partial charge in [0.05, 0.1) is 5.75 Å². The van der Waals surface area contributed by atoms with Crippen LogP contribution in [0.25, 0.3) is 0 Å². The number of rotatable bonds is 9. The van der Waals surface area contributed by atoms with E-state index in [-0.39, 0.29) is 5.75 Å². The molecule has 0 aliphatic carbocycles. The van der Waals surface area contributed by atoms with Crippen molar-refractivity contribution in [2.45, 2.75) is 33.6 Å². The lowest BCUT2D eigenvalue weighted by atomic mass is 10.3. The van der Waals surface area contributed by atoms with Crippen molar-refractivity contribution in [3.8, 4) is 0 Å². The van der Waals surface area contributed by atoms with E-state index in [1.54, 1.807) is 0 Å². The van der Waals surface area contributed by atoms with E-state index in [0.29, 0.717) is 13.1 Å². The Morgan fingerprint density at radius 3 is 2.13 bits per heavy atom. The molecule has 0 aromatic heterocycles. The normalized spacial score (nSPS) is 12.3. The van der Waals surface area contributed by atoms with E-state index in [2.05, 4.69) is 5.32 Å². The van der Waals surface area contributed by atoms with Crippen molar-refractivity contribution < 1.29 is 8.42 Å². The van der Waals surface area contributed by atoms with Crippen LogP contribution in [-0.4, -0.2) is 44.7 Å². The lowest BCUT2D eigenvalue weighted by molar-refractivity contribution is 0.443. The first kappa shape index (κ1) is 14.9. The molecule has 0 rings (SSSR count). The fourth-order valence-corrected chi connectivity index (χ4v) is 3.07. The highest BCUT2D eigenvalue weighted by Gasteiger charge is 2.17. The highest BCUT2D eigenvalue weighted by atomic mass is 32.2. The molecule has 0 saturated carbocycles. The zero-order valence-corrected chi connectivity index (χ0v) is 10.9. The van der Waals surface area contributed by atoms with E-state index in [1.165, 1.54) is 4.31 Å². The molecule has 0 heterocycles. The minimum absolute atomic E-state index is 0.278. The second-order valence-corrected chi connectivity index (χ2v) is 5.55. The van der Waals surface area contributed by atoms with Gasteiger partial charge in [-0.2, -0.15) is 0 Å². The summed E-state index contributed by atoms with van der Waals surface area (Å²) in [5.41, 5.74) is 0. The van der Waals surface area contributed by atoms with Crippen LogP contribution in [0.15, 0.2) is 0 Å². The van der Waals surface area contributed by atoms with Crippen LogP contribution in [0.3, 0.4) is 0 Å². The Morgan fingerprint density at radius 2 is 1.67 bits per heavy atom. The van der Waals surface area contributed by atoms with Gasteiger partial charge in [-0.1, -0.05) is 20.8 Å². The second-order valence-electron chi connectivity index (χ2n) is 3.46. The van der Waals surface area contributed by atoms with Crippen LogP contribution in [0, 0.1) is 0 Å². The van der Waals surface area contributed by atoms with Gasteiger partial charge in [0, 0.05) is 13.1 Å². The molecule has 0 bridgehead atoms. The molecule has 4 nitrogen and oxygen atoms in total. The lowest BCUT2D eigenvalue weighted by Crippen LogP contribution is -2.32. The van der Waals surface area contributed by atoms with Crippen LogP contribution in [0.1, 0.15) is 33.6 Å². The predicted octanol–water partition coefficient (Wildman–Crippen LogP) is 1.05. The molecule has 0 fully saturated rings. The smallest absolute Gasteiger partial charge is 0.214 e. The van der Waals surface area contributed by atoms with Crippen LogP contribution in [0.5, 0.6) is 0 Å². The molecule has 0 aromatic rings. The molecule has 0 aromatic carbocycles. The maximum absolute atomic E-state index is 11.7. The fourth-order valence-electron chi connectivity index (χ4n) is 1.46. The summed E-state index contributed by atoms with van der Waals surface area (Å²) < 4.78 is 25.0. The predicted molar refractivity (Wildman–Crippen MR) is 64.5 cm³/mol. The van der Waals surface area contributed by atoms with Crippen molar-refractivity contribution in [1.82, 2.24) is 9.62 Å². The van der Waals surface area contributed by atoms with Crippen molar-refractivity contribution in [1.29, 1.82) is 0 Å². The highest BCUT2D eigenvalue weighted by Crippen LogP contribution is 2.03. The Morgan fingerprint density at radius 1 is 1.07 bits per heavy atom. The van der Waals surface area contributed by atoms with Gasteiger partial charge in [-0.15, -0.1) is 0 Å². The minimum atomic E-state index is -3.00. The van der Waals surface area contributed by atoms with Gasteiger partial charge >= 0.3 is 0 Å². The third-order valence-corrected chi connectivity index (χ3v) is 4.46. The summed E-state index contributed by atoms with van der Waals surface area (Å²) in [6, 6.07) is 0. The fraction of sp³-hybridized carbons (Fsp3) is 1.00. The third kappa shape index (κ3) is 6.12. The molecule has 0 amide bonds. The molecule has 0 aliphatic rings. The van der Waals surface area contributed by atoms with Crippen molar-refractivity contribution >= 4 is 10.0 Å². The molecule has 0 aliphatic heterocycles. The van der Waals surface area contributed by atoms with Gasteiger partial charge in [0.15, 0.2) is 0 Å². The molecular formula is C10H24N2O2S. The Hall–Kier alpha value is -0.130. The minimum Gasteiger partial charge on any atom is -0.317 e. The number of unbranched alkanes of at least 4 members (excludes halogenated alkanes) is 1. The largest absolute Gasteiger partial charge is 0.317 e. The van der Waals surface area contributed by atoms with E-state index in [0.717, 1.165) is 25.9 Å². The summed E-state index contributed by atoms with van der Waals surface area (Å²) in [5.74, 6) is 0.278. The molecular weight excluding hydrogens is 212 g/mol. The molecule has 1 N–H and O–H groups in total. The van der Waals surface area contributed by atoms with Crippen LogP contribution in [0.2, 0.25) is 0 Å². The van der Waals surface area contributed by atoms with Gasteiger partial charge in [0.1, 0.15) is 0 Å². The monoisotopic (exact) mass is 236 g/mol. The summed E-state index contributed by atoms with van der Waals surface area (Å²) in [6.45, 7) is 8.80. The number of nitrogens with zero attached hydrogens (tertiary/aromatic N) is 1. The summed E-state index contributed by atoms with van der Waals surface area (Å²) in [5, 5.41) is 3.18. The Balaban J connectivity index is 3.83. The molecule has 5 heteroatoms. The summed E-state index contributed by atoms with van der Waals surface area (Å²) >= 11 is 0. The van der Waals surface area contributed by atoms with Crippen LogP contribution >= 0.6 is 0 Å². The highest BCUT2D eigenvalue weighted by molar-refractivity contribution is 7.89. The third-order valence-electron chi connectivity index (χ3n) is 2.35. The Bertz CT molecular complexity index is 236. The Labute approximate surface area is 94.1 Å². The van der Waals surface area contributed by atoms with Gasteiger partial charge in [0.25, 0.3) is 0 Å². The first-order chi connectivity index (χ1) is 7.08. The van der Waals surface area contributed by atoms with E-state index >= 15 is 0 Å². The topological polar surface area (TPSA) is 49.4 Å². The van der Waals surface area contributed by atoms with Gasteiger partial charge in [-0.25, -0.2) is 12.7 Å². The van der Waals surface area contributed by atoms with Crippen molar-refractivity contribution in [3.63, 3.8) is 0 Å². The van der Waals surface area contributed by atoms with Gasteiger partial charge < -0.3 is 5.32 Å². The SMILES string of the molecule is CCNCCCCS(=O)(=O)N(CC)CC. The standard InChI is InChI=1S/C10H24N2O2S/c1-4-11-9-7-8-10-15(13,14)12(5-2)6-3/h11H,4-10H2,1-3H3. The van der Waals surface area contributed by atoms with Gasteiger partial charge in [-0.3, -0.25) is 0 Å². The van der Waals surface area contributed by atoms with E-state index in [4.69, 9.17) is 0 Å². The number of hydrogen-bond acceptors (Lipinski definition) is 3. The Kier molecular flexibility index (Phi) is 8.00. The molecule has 15 heavy (non-hydrogen) atoms. The van der Waals surface area contributed by atoms with Gasteiger partial charge in [-0.05, 0) is 25.9 Å². The van der Waals surface area contributed by atoms with Crippen molar-refractivity contribution in [2.75, 3.05) is 31.9 Å². The molecule has 0 radical (unpaired) electrons. The number of sulfonamides is 1. The molecule has 0 atom stereocenters. The zero-order valence-electron chi connectivity index (χ0n) is 10.1.